The maximum absolute atomic E-state index is 13.2. The van der Waals surface area contributed by atoms with Crippen molar-refractivity contribution >= 4 is 34.6 Å². The minimum Gasteiger partial charge on any atom is -0.406 e. The van der Waals surface area contributed by atoms with Gasteiger partial charge in [0.25, 0.3) is 0 Å². The number of nitrogens with zero attached hydrogens (tertiary/aromatic N) is 5. The molecule has 2 heterocycles. The van der Waals surface area contributed by atoms with Crippen molar-refractivity contribution in [1.82, 2.24) is 20.1 Å². The van der Waals surface area contributed by atoms with E-state index in [9.17, 15) is 22.8 Å². The molecule has 244 valence electrons. The highest BCUT2D eigenvalue weighted by molar-refractivity contribution is 8.15. The third kappa shape index (κ3) is 7.51. The van der Waals surface area contributed by atoms with Crippen LogP contribution in [-0.2, 0) is 11.2 Å². The topological polar surface area (TPSA) is 102 Å². The van der Waals surface area contributed by atoms with E-state index in [1.54, 1.807) is 4.90 Å². The molecule has 2 aliphatic rings. The molecule has 13 heteroatoms. The van der Waals surface area contributed by atoms with Crippen LogP contribution in [0.4, 0.5) is 23.7 Å². The number of rotatable bonds is 8. The van der Waals surface area contributed by atoms with Gasteiger partial charge >= 0.3 is 12.4 Å². The van der Waals surface area contributed by atoms with Crippen molar-refractivity contribution in [3.8, 4) is 22.8 Å². The Balaban J connectivity index is 1.12. The normalized spacial score (nSPS) is 19.0. The van der Waals surface area contributed by atoms with Gasteiger partial charge in [0.15, 0.2) is 11.0 Å². The van der Waals surface area contributed by atoms with Crippen LogP contribution < -0.4 is 15.0 Å². The second-order valence-corrected chi connectivity index (χ2v) is 12.5. The number of alkyl halides is 3. The van der Waals surface area contributed by atoms with E-state index in [1.165, 1.54) is 47.0 Å². The number of ether oxygens (including phenoxy) is 1. The van der Waals surface area contributed by atoms with Gasteiger partial charge in [0.2, 0.25) is 5.91 Å². The van der Waals surface area contributed by atoms with Crippen LogP contribution in [0.2, 0.25) is 0 Å². The monoisotopic (exact) mass is 662 g/mol. The van der Waals surface area contributed by atoms with Crippen LogP contribution in [0.1, 0.15) is 55.2 Å². The Morgan fingerprint density at radius 2 is 1.85 bits per heavy atom. The van der Waals surface area contributed by atoms with E-state index in [2.05, 4.69) is 32.1 Å². The third-order valence-electron chi connectivity index (χ3n) is 8.21. The van der Waals surface area contributed by atoms with Crippen LogP contribution in [0.25, 0.3) is 17.1 Å². The number of hydrogen-bond acceptors (Lipinski definition) is 6. The summed E-state index contributed by atoms with van der Waals surface area (Å²) >= 11 is 1.28. The summed E-state index contributed by atoms with van der Waals surface area (Å²) in [6.45, 7) is 4.07. The minimum atomic E-state index is -4.76. The number of aromatic nitrogens is 3. The molecule has 2 atom stereocenters. The number of aryl methyl sites for hydroxylation is 2. The number of nitrogens with one attached hydrogen (secondary N) is 1. The molecule has 0 radical (unpaired) electrons. The van der Waals surface area contributed by atoms with E-state index in [0.717, 1.165) is 60.0 Å². The number of amidine groups is 1. The van der Waals surface area contributed by atoms with Crippen LogP contribution in [0.5, 0.6) is 5.75 Å². The molecule has 0 spiro atoms. The quantitative estimate of drug-likeness (QED) is 0.209. The van der Waals surface area contributed by atoms with E-state index >= 15 is 0 Å². The fraction of sp³-hybridized carbons (Fsp3) is 0.324. The molecule has 1 aliphatic heterocycles. The van der Waals surface area contributed by atoms with E-state index in [1.807, 2.05) is 49.4 Å². The van der Waals surface area contributed by atoms with Gasteiger partial charge in [0.05, 0.1) is 17.1 Å². The third-order valence-corrected chi connectivity index (χ3v) is 9.14. The van der Waals surface area contributed by atoms with Crippen LogP contribution >= 0.6 is 11.8 Å². The Bertz CT molecular complexity index is 1790. The number of urea groups is 1. The molecule has 1 aliphatic carbocycles. The van der Waals surface area contributed by atoms with Crippen molar-refractivity contribution in [3.05, 3.63) is 89.7 Å². The summed E-state index contributed by atoms with van der Waals surface area (Å²) in [7, 11) is 0. The van der Waals surface area contributed by atoms with Gasteiger partial charge in [-0.2, -0.15) is 4.99 Å². The van der Waals surface area contributed by atoms with Crippen molar-refractivity contribution in [2.24, 2.45) is 4.99 Å². The highest BCUT2D eigenvalue weighted by Crippen LogP contribution is 2.36. The number of benzene rings is 3. The number of halogens is 3. The fourth-order valence-electron chi connectivity index (χ4n) is 6.05. The summed E-state index contributed by atoms with van der Waals surface area (Å²) < 4.78 is 42.8. The highest BCUT2D eigenvalue weighted by Gasteiger charge is 2.34. The second kappa shape index (κ2) is 13.6. The number of carbonyl (C=O) groups is 2. The lowest BCUT2D eigenvalue weighted by Gasteiger charge is -2.22. The molecule has 3 amide bonds. The first-order valence-electron chi connectivity index (χ1n) is 15.4. The molecule has 1 aromatic heterocycles. The maximum atomic E-state index is 13.2. The van der Waals surface area contributed by atoms with Gasteiger partial charge in [-0.05, 0) is 73.2 Å². The molecular formula is C34H33F3N6O3S. The average Bonchev–Trinajstić information content (AvgIpc) is 3.79. The lowest BCUT2D eigenvalue weighted by atomic mass is 9.93. The number of aliphatic imine (C=N–C) groups is 1. The van der Waals surface area contributed by atoms with Crippen molar-refractivity contribution in [3.63, 3.8) is 0 Å². The predicted molar refractivity (Wildman–Crippen MR) is 175 cm³/mol. The zero-order valence-corrected chi connectivity index (χ0v) is 26.6. The van der Waals surface area contributed by atoms with Crippen molar-refractivity contribution in [1.29, 1.82) is 0 Å². The summed E-state index contributed by atoms with van der Waals surface area (Å²) in [6, 6.07) is 18.7. The second-order valence-electron chi connectivity index (χ2n) is 11.6. The standard InChI is InChI=1S/C34H33F3N6O3S/c1-3-5-23-9-8-21(2)18-29(23)43-30(44)19-47-33(43)40-32(45)39-28-7-4-6-27(28)22-10-12-24(13-11-22)31-38-20-42(41-31)25-14-16-26(17-15-25)46-34(35,36)37/h8-18,20,27-28H,3-7,19H2,1-2H3,(H,39,45). The summed E-state index contributed by atoms with van der Waals surface area (Å²) in [5.74, 6) is 0.390. The van der Waals surface area contributed by atoms with Crippen LogP contribution in [-0.4, -0.2) is 50.0 Å². The van der Waals surface area contributed by atoms with Crippen LogP contribution in [0.15, 0.2) is 78.0 Å². The van der Waals surface area contributed by atoms with Gasteiger partial charge in [0.1, 0.15) is 12.1 Å². The predicted octanol–water partition coefficient (Wildman–Crippen LogP) is 7.58. The Morgan fingerprint density at radius 3 is 2.57 bits per heavy atom. The Labute approximate surface area is 274 Å². The summed E-state index contributed by atoms with van der Waals surface area (Å²) in [4.78, 5) is 36.4. The molecule has 3 aromatic carbocycles. The Morgan fingerprint density at radius 1 is 1.09 bits per heavy atom. The molecule has 1 N–H and O–H groups in total. The first kappa shape index (κ1) is 32.3. The number of amides is 3. The zero-order valence-electron chi connectivity index (χ0n) is 25.8. The Kier molecular flexibility index (Phi) is 9.35. The molecule has 9 nitrogen and oxygen atoms in total. The van der Waals surface area contributed by atoms with Crippen molar-refractivity contribution in [2.75, 3.05) is 10.7 Å². The number of hydrogen-bond donors (Lipinski definition) is 1. The lowest BCUT2D eigenvalue weighted by Crippen LogP contribution is -2.37. The first-order valence-corrected chi connectivity index (χ1v) is 16.4. The largest absolute Gasteiger partial charge is 0.573 e. The maximum Gasteiger partial charge on any atom is 0.573 e. The summed E-state index contributed by atoms with van der Waals surface area (Å²) in [6.07, 6.45) is 1.17. The van der Waals surface area contributed by atoms with Gasteiger partial charge in [-0.1, -0.05) is 67.9 Å². The van der Waals surface area contributed by atoms with Gasteiger partial charge in [-0.15, -0.1) is 18.3 Å². The first-order chi connectivity index (χ1) is 22.6. The molecule has 6 rings (SSSR count). The van der Waals surface area contributed by atoms with Gasteiger partial charge in [0, 0.05) is 17.5 Å². The van der Waals surface area contributed by atoms with E-state index < -0.39 is 12.4 Å². The molecule has 4 aromatic rings. The summed E-state index contributed by atoms with van der Waals surface area (Å²) in [5, 5.41) is 7.97. The van der Waals surface area contributed by atoms with Crippen molar-refractivity contribution in [2.45, 2.75) is 64.3 Å². The highest BCUT2D eigenvalue weighted by atomic mass is 32.2. The van der Waals surface area contributed by atoms with Crippen molar-refractivity contribution < 1.29 is 27.5 Å². The van der Waals surface area contributed by atoms with E-state index in [-0.39, 0.29) is 29.4 Å². The molecule has 1 saturated heterocycles. The SMILES string of the molecule is CCCc1ccc(C)cc1N1C(=O)CSC1=NC(=O)NC1CCCC1c1ccc(-c2ncn(-c3ccc(OC(F)(F)F)cc3)n2)cc1. The molecular weight excluding hydrogens is 629 g/mol. The van der Waals surface area contributed by atoms with Crippen LogP contribution in [0.3, 0.4) is 0 Å². The molecule has 2 fully saturated rings. The molecule has 2 unspecified atom stereocenters. The molecule has 1 saturated carbocycles. The number of carbonyl (C=O) groups excluding carboxylic acids is 2. The summed E-state index contributed by atoms with van der Waals surface area (Å²) in [5.41, 5.74) is 5.25. The van der Waals surface area contributed by atoms with Gasteiger partial charge in [-0.3, -0.25) is 9.69 Å². The minimum absolute atomic E-state index is 0.0869. The number of anilines is 1. The average molecular weight is 663 g/mol. The van der Waals surface area contributed by atoms with Gasteiger partial charge < -0.3 is 10.1 Å². The van der Waals surface area contributed by atoms with E-state index in [4.69, 9.17) is 0 Å². The fourth-order valence-corrected chi connectivity index (χ4v) is 6.91. The number of thioether (sulfide) groups is 1. The van der Waals surface area contributed by atoms with Gasteiger partial charge in [-0.25, -0.2) is 14.5 Å². The van der Waals surface area contributed by atoms with Crippen LogP contribution in [0, 0.1) is 6.92 Å². The zero-order chi connectivity index (χ0) is 33.1. The smallest absolute Gasteiger partial charge is 0.406 e. The Hall–Kier alpha value is -4.65. The molecule has 47 heavy (non-hydrogen) atoms. The molecule has 0 bridgehead atoms. The van der Waals surface area contributed by atoms with E-state index in [0.29, 0.717) is 16.7 Å². The lowest BCUT2D eigenvalue weighted by molar-refractivity contribution is -0.274.